The van der Waals surface area contributed by atoms with E-state index in [0.717, 1.165) is 5.39 Å². The van der Waals surface area contributed by atoms with Crippen LogP contribution in [0.3, 0.4) is 0 Å². The molecule has 1 aromatic heterocycles. The van der Waals surface area contributed by atoms with E-state index < -0.39 is 0 Å². The molecule has 90 valence electrons. The number of nitrogens with two attached hydrogens (primary N) is 1. The quantitative estimate of drug-likeness (QED) is 0.828. The molecule has 2 aromatic rings. The summed E-state index contributed by atoms with van der Waals surface area (Å²) in [6.07, 6.45) is 1.68. The van der Waals surface area contributed by atoms with E-state index in [0.29, 0.717) is 18.5 Å². The van der Waals surface area contributed by atoms with Crippen LogP contribution in [0.1, 0.15) is 0 Å². The largest absolute Gasteiger partial charge is 0.383 e. The van der Waals surface area contributed by atoms with Crippen molar-refractivity contribution >= 4 is 10.8 Å². The van der Waals surface area contributed by atoms with Gasteiger partial charge in [-0.05, 0) is 6.07 Å². The maximum atomic E-state index is 12.1. The van der Waals surface area contributed by atoms with Crippen molar-refractivity contribution in [2.75, 3.05) is 13.7 Å². The lowest BCUT2D eigenvalue weighted by Gasteiger charge is -2.11. The lowest BCUT2D eigenvalue weighted by atomic mass is 10.2. The van der Waals surface area contributed by atoms with Crippen molar-refractivity contribution in [1.29, 1.82) is 0 Å². The first kappa shape index (κ1) is 11.8. The van der Waals surface area contributed by atoms with Crippen molar-refractivity contribution in [1.82, 2.24) is 9.78 Å². The molecule has 0 aliphatic carbocycles. The molecule has 0 fully saturated rings. The summed E-state index contributed by atoms with van der Waals surface area (Å²) in [5, 5.41) is 5.60. The fourth-order valence-electron chi connectivity index (χ4n) is 1.75. The highest BCUT2D eigenvalue weighted by Crippen LogP contribution is 2.06. The molecular formula is C12H15N3O2. The molecule has 17 heavy (non-hydrogen) atoms. The average molecular weight is 233 g/mol. The highest BCUT2D eigenvalue weighted by atomic mass is 16.5. The first-order valence-corrected chi connectivity index (χ1v) is 5.41. The van der Waals surface area contributed by atoms with Gasteiger partial charge in [-0.3, -0.25) is 4.79 Å². The van der Waals surface area contributed by atoms with E-state index in [-0.39, 0.29) is 11.6 Å². The summed E-state index contributed by atoms with van der Waals surface area (Å²) in [6.45, 7) is 0.762. The zero-order valence-electron chi connectivity index (χ0n) is 9.67. The first-order chi connectivity index (χ1) is 8.22. The molecule has 1 aromatic carbocycles. The number of hydrogen-bond donors (Lipinski definition) is 1. The second-order valence-corrected chi connectivity index (χ2v) is 3.93. The van der Waals surface area contributed by atoms with Gasteiger partial charge in [0.25, 0.3) is 5.56 Å². The van der Waals surface area contributed by atoms with Gasteiger partial charge in [-0.15, -0.1) is 0 Å². The van der Waals surface area contributed by atoms with E-state index in [1.807, 2.05) is 18.2 Å². The Balaban J connectivity index is 2.36. The highest BCUT2D eigenvalue weighted by Gasteiger charge is 2.07. The van der Waals surface area contributed by atoms with Crippen LogP contribution < -0.4 is 11.3 Å². The average Bonchev–Trinajstić information content (AvgIpc) is 2.33. The van der Waals surface area contributed by atoms with Crippen LogP contribution in [0, 0.1) is 0 Å². The Morgan fingerprint density at radius 1 is 1.47 bits per heavy atom. The molecule has 0 spiro atoms. The maximum absolute atomic E-state index is 12.1. The third-order valence-corrected chi connectivity index (χ3v) is 2.55. The van der Waals surface area contributed by atoms with Crippen molar-refractivity contribution in [3.63, 3.8) is 0 Å². The molecule has 0 aliphatic rings. The number of rotatable bonds is 4. The van der Waals surface area contributed by atoms with Crippen molar-refractivity contribution in [2.24, 2.45) is 5.73 Å². The van der Waals surface area contributed by atoms with Gasteiger partial charge in [0.2, 0.25) is 0 Å². The molecular weight excluding hydrogens is 218 g/mol. The van der Waals surface area contributed by atoms with Gasteiger partial charge in [0, 0.05) is 18.5 Å². The summed E-state index contributed by atoms with van der Waals surface area (Å²) in [6, 6.07) is 7.14. The predicted octanol–water partition coefficient (Wildman–Crippen LogP) is 0.370. The third kappa shape index (κ3) is 2.51. The number of hydrogen-bond acceptors (Lipinski definition) is 4. The topological polar surface area (TPSA) is 70.1 Å². The molecule has 1 heterocycles. The van der Waals surface area contributed by atoms with Gasteiger partial charge in [-0.1, -0.05) is 18.2 Å². The van der Waals surface area contributed by atoms with Gasteiger partial charge in [0.15, 0.2) is 0 Å². The molecule has 2 rings (SSSR count). The Hall–Kier alpha value is -1.72. The van der Waals surface area contributed by atoms with Gasteiger partial charge < -0.3 is 10.5 Å². The van der Waals surface area contributed by atoms with E-state index in [4.69, 9.17) is 10.5 Å². The summed E-state index contributed by atoms with van der Waals surface area (Å²) < 4.78 is 6.32. The molecule has 5 heteroatoms. The van der Waals surface area contributed by atoms with E-state index in [1.54, 1.807) is 19.4 Å². The smallest absolute Gasteiger partial charge is 0.274 e. The lowest BCUT2D eigenvalue weighted by molar-refractivity contribution is 0.171. The molecule has 1 atom stereocenters. The zero-order valence-corrected chi connectivity index (χ0v) is 9.67. The van der Waals surface area contributed by atoms with E-state index in [9.17, 15) is 4.79 Å². The minimum absolute atomic E-state index is 0.116. The summed E-state index contributed by atoms with van der Waals surface area (Å²) in [4.78, 5) is 12.1. The van der Waals surface area contributed by atoms with E-state index >= 15 is 0 Å². The van der Waals surface area contributed by atoms with Crippen molar-refractivity contribution < 1.29 is 4.74 Å². The summed E-state index contributed by atoms with van der Waals surface area (Å²) in [7, 11) is 1.58. The maximum Gasteiger partial charge on any atom is 0.274 e. The number of aromatic nitrogens is 2. The SMILES string of the molecule is COCC(N)Cn1ncc2ccccc2c1=O. The normalized spacial score (nSPS) is 12.8. The minimum atomic E-state index is -0.230. The molecule has 5 nitrogen and oxygen atoms in total. The number of ether oxygens (including phenoxy) is 1. The van der Waals surface area contributed by atoms with Crippen LogP contribution in [0.5, 0.6) is 0 Å². The molecule has 0 saturated carbocycles. The highest BCUT2D eigenvalue weighted by molar-refractivity contribution is 5.80. The number of benzene rings is 1. The predicted molar refractivity (Wildman–Crippen MR) is 65.9 cm³/mol. The van der Waals surface area contributed by atoms with Crippen LogP contribution in [-0.2, 0) is 11.3 Å². The van der Waals surface area contributed by atoms with Crippen LogP contribution in [0.4, 0.5) is 0 Å². The van der Waals surface area contributed by atoms with Crippen molar-refractivity contribution in [3.8, 4) is 0 Å². The summed E-state index contributed by atoms with van der Waals surface area (Å²) >= 11 is 0. The van der Waals surface area contributed by atoms with Crippen LogP contribution in [0.25, 0.3) is 10.8 Å². The molecule has 0 bridgehead atoms. The van der Waals surface area contributed by atoms with Gasteiger partial charge in [0.1, 0.15) is 0 Å². The Kier molecular flexibility index (Phi) is 3.51. The number of nitrogens with zero attached hydrogens (tertiary/aromatic N) is 2. The van der Waals surface area contributed by atoms with Gasteiger partial charge >= 0.3 is 0 Å². The summed E-state index contributed by atoms with van der Waals surface area (Å²) in [5.41, 5.74) is 5.69. The molecule has 0 saturated heterocycles. The van der Waals surface area contributed by atoms with Crippen LogP contribution >= 0.6 is 0 Å². The van der Waals surface area contributed by atoms with Gasteiger partial charge in [-0.2, -0.15) is 5.10 Å². The first-order valence-electron chi connectivity index (χ1n) is 5.41. The fourth-order valence-corrected chi connectivity index (χ4v) is 1.75. The van der Waals surface area contributed by atoms with Crippen LogP contribution in [0.15, 0.2) is 35.3 Å². The van der Waals surface area contributed by atoms with Crippen molar-refractivity contribution in [2.45, 2.75) is 12.6 Å². The molecule has 0 aliphatic heterocycles. The van der Waals surface area contributed by atoms with Crippen molar-refractivity contribution in [3.05, 3.63) is 40.8 Å². The van der Waals surface area contributed by atoms with Gasteiger partial charge in [0.05, 0.1) is 24.7 Å². The molecule has 0 amide bonds. The Morgan fingerprint density at radius 2 is 2.24 bits per heavy atom. The van der Waals surface area contributed by atoms with Gasteiger partial charge in [-0.25, -0.2) is 4.68 Å². The lowest BCUT2D eigenvalue weighted by Crippen LogP contribution is -2.36. The Labute approximate surface area is 98.8 Å². The fraction of sp³-hybridized carbons (Fsp3) is 0.333. The second-order valence-electron chi connectivity index (χ2n) is 3.93. The molecule has 0 radical (unpaired) electrons. The van der Waals surface area contributed by atoms with Crippen LogP contribution in [0.2, 0.25) is 0 Å². The Bertz CT molecular complexity index is 565. The third-order valence-electron chi connectivity index (χ3n) is 2.55. The number of fused-ring (bicyclic) bond motifs is 1. The minimum Gasteiger partial charge on any atom is -0.383 e. The van der Waals surface area contributed by atoms with E-state index in [1.165, 1.54) is 4.68 Å². The molecule has 2 N–H and O–H groups in total. The van der Waals surface area contributed by atoms with Crippen LogP contribution in [-0.4, -0.2) is 29.5 Å². The van der Waals surface area contributed by atoms with E-state index in [2.05, 4.69) is 5.10 Å². The Morgan fingerprint density at radius 3 is 3.00 bits per heavy atom. The standard InChI is InChI=1S/C12H15N3O2/c1-17-8-10(13)7-15-12(16)11-5-3-2-4-9(11)6-14-15/h2-6,10H,7-8,13H2,1H3. The monoisotopic (exact) mass is 233 g/mol. The second kappa shape index (κ2) is 5.07. The summed E-state index contributed by atoms with van der Waals surface area (Å²) in [5.74, 6) is 0. The zero-order chi connectivity index (χ0) is 12.3. The number of methoxy groups -OCH3 is 1. The molecule has 1 unspecified atom stereocenters.